The van der Waals surface area contributed by atoms with Gasteiger partial charge < -0.3 is 9.80 Å². The molecule has 3 rings (SSSR count). The number of hydrogen-bond acceptors (Lipinski definition) is 3. The second-order valence-electron chi connectivity index (χ2n) is 8.18. The molecule has 3 nitrogen and oxygen atoms in total. The predicted octanol–water partition coefficient (Wildman–Crippen LogP) is 2.52. The topological polar surface area (TPSA) is 9.72 Å². The highest BCUT2D eigenvalue weighted by molar-refractivity contribution is 4.99. The average molecular weight is 293 g/mol. The standard InChI is InChI=1S/C18H35N3/c1-4-19-9-11-20(12-10-19)13-17-5-7-18(8-6-17)14-21(15-18)16(2)3/h16-17H,4-15H2,1-3H3. The fraction of sp³-hybridized carbons (Fsp3) is 1.00. The van der Waals surface area contributed by atoms with Crippen LogP contribution in [0.1, 0.15) is 46.5 Å². The molecule has 122 valence electrons. The summed E-state index contributed by atoms with van der Waals surface area (Å²) in [5, 5.41) is 0. The van der Waals surface area contributed by atoms with Crippen molar-refractivity contribution in [1.82, 2.24) is 14.7 Å². The fourth-order valence-electron chi connectivity index (χ4n) is 4.62. The summed E-state index contributed by atoms with van der Waals surface area (Å²) >= 11 is 0. The summed E-state index contributed by atoms with van der Waals surface area (Å²) in [4.78, 5) is 7.97. The van der Waals surface area contributed by atoms with Crippen LogP contribution in [0.5, 0.6) is 0 Å². The van der Waals surface area contributed by atoms with E-state index in [-0.39, 0.29) is 0 Å². The molecule has 0 aromatic rings. The van der Waals surface area contributed by atoms with Gasteiger partial charge in [-0.2, -0.15) is 0 Å². The summed E-state index contributed by atoms with van der Waals surface area (Å²) in [6, 6.07) is 0.753. The van der Waals surface area contributed by atoms with Gasteiger partial charge in [-0.3, -0.25) is 4.90 Å². The molecule has 0 aromatic carbocycles. The fourth-order valence-corrected chi connectivity index (χ4v) is 4.62. The molecule has 2 aliphatic heterocycles. The number of nitrogens with zero attached hydrogens (tertiary/aromatic N) is 3. The summed E-state index contributed by atoms with van der Waals surface area (Å²) < 4.78 is 0. The molecular weight excluding hydrogens is 258 g/mol. The van der Waals surface area contributed by atoms with Crippen LogP contribution in [0.3, 0.4) is 0 Å². The molecule has 21 heavy (non-hydrogen) atoms. The first-order chi connectivity index (χ1) is 10.1. The first-order valence-corrected chi connectivity index (χ1v) is 9.29. The van der Waals surface area contributed by atoms with E-state index in [9.17, 15) is 0 Å². The predicted molar refractivity (Wildman–Crippen MR) is 89.7 cm³/mol. The second-order valence-corrected chi connectivity index (χ2v) is 8.18. The summed E-state index contributed by atoms with van der Waals surface area (Å²) in [6.07, 6.45) is 5.96. The zero-order valence-corrected chi connectivity index (χ0v) is 14.5. The Bertz CT molecular complexity index is 317. The van der Waals surface area contributed by atoms with Crippen LogP contribution in [-0.4, -0.2) is 73.1 Å². The zero-order chi connectivity index (χ0) is 14.9. The van der Waals surface area contributed by atoms with Crippen molar-refractivity contribution in [2.24, 2.45) is 11.3 Å². The Morgan fingerprint density at radius 2 is 1.52 bits per heavy atom. The highest BCUT2D eigenvalue weighted by Gasteiger charge is 2.45. The van der Waals surface area contributed by atoms with E-state index in [1.807, 2.05) is 0 Å². The van der Waals surface area contributed by atoms with Gasteiger partial charge in [0.1, 0.15) is 0 Å². The minimum Gasteiger partial charge on any atom is -0.301 e. The quantitative estimate of drug-likeness (QED) is 0.788. The van der Waals surface area contributed by atoms with E-state index in [4.69, 9.17) is 0 Å². The molecule has 0 unspecified atom stereocenters. The lowest BCUT2D eigenvalue weighted by Gasteiger charge is -2.55. The van der Waals surface area contributed by atoms with Gasteiger partial charge in [0.15, 0.2) is 0 Å². The first-order valence-electron chi connectivity index (χ1n) is 9.29. The van der Waals surface area contributed by atoms with Crippen LogP contribution in [-0.2, 0) is 0 Å². The maximum Gasteiger partial charge on any atom is 0.0110 e. The van der Waals surface area contributed by atoms with E-state index in [1.165, 1.54) is 78.0 Å². The van der Waals surface area contributed by atoms with Crippen molar-refractivity contribution in [2.75, 3.05) is 52.4 Å². The molecule has 0 aromatic heterocycles. The van der Waals surface area contributed by atoms with Gasteiger partial charge in [0.05, 0.1) is 0 Å². The molecule has 1 spiro atoms. The third kappa shape index (κ3) is 3.62. The largest absolute Gasteiger partial charge is 0.301 e. The lowest BCUT2D eigenvalue weighted by molar-refractivity contribution is -0.0582. The van der Waals surface area contributed by atoms with Crippen molar-refractivity contribution in [3.05, 3.63) is 0 Å². The van der Waals surface area contributed by atoms with Crippen molar-refractivity contribution >= 4 is 0 Å². The molecule has 2 heterocycles. The van der Waals surface area contributed by atoms with Crippen molar-refractivity contribution in [2.45, 2.75) is 52.5 Å². The number of likely N-dealkylation sites (tertiary alicyclic amines) is 1. The van der Waals surface area contributed by atoms with Gasteiger partial charge in [0.25, 0.3) is 0 Å². The normalized spacial score (nSPS) is 29.1. The minimum atomic E-state index is 0.724. The molecule has 3 aliphatic rings. The van der Waals surface area contributed by atoms with Gasteiger partial charge in [-0.1, -0.05) is 6.92 Å². The van der Waals surface area contributed by atoms with E-state index in [0.29, 0.717) is 0 Å². The van der Waals surface area contributed by atoms with Gasteiger partial charge in [0, 0.05) is 51.9 Å². The van der Waals surface area contributed by atoms with E-state index in [2.05, 4.69) is 35.5 Å². The summed E-state index contributed by atoms with van der Waals surface area (Å²) in [5.41, 5.74) is 0.724. The third-order valence-corrected chi connectivity index (χ3v) is 6.40. The molecule has 0 bridgehead atoms. The number of hydrogen-bond donors (Lipinski definition) is 0. The third-order valence-electron chi connectivity index (χ3n) is 6.40. The molecule has 3 heteroatoms. The average Bonchev–Trinajstić information content (AvgIpc) is 2.46. The Labute approximate surface area is 131 Å². The Morgan fingerprint density at radius 1 is 0.952 bits per heavy atom. The maximum absolute atomic E-state index is 2.73. The van der Waals surface area contributed by atoms with Crippen LogP contribution in [0.15, 0.2) is 0 Å². The van der Waals surface area contributed by atoms with Crippen LogP contribution in [0.25, 0.3) is 0 Å². The minimum absolute atomic E-state index is 0.724. The van der Waals surface area contributed by atoms with E-state index in [1.54, 1.807) is 0 Å². The Hall–Kier alpha value is -0.120. The summed E-state index contributed by atoms with van der Waals surface area (Å²) in [5.74, 6) is 0.983. The van der Waals surface area contributed by atoms with Crippen molar-refractivity contribution in [3.8, 4) is 0 Å². The van der Waals surface area contributed by atoms with Gasteiger partial charge >= 0.3 is 0 Å². The van der Waals surface area contributed by atoms with Crippen LogP contribution < -0.4 is 0 Å². The smallest absolute Gasteiger partial charge is 0.0110 e. The Balaban J connectivity index is 1.37. The van der Waals surface area contributed by atoms with Crippen LogP contribution in [0.2, 0.25) is 0 Å². The first kappa shape index (κ1) is 15.8. The van der Waals surface area contributed by atoms with Gasteiger partial charge in [0.2, 0.25) is 0 Å². The van der Waals surface area contributed by atoms with Crippen molar-refractivity contribution in [3.63, 3.8) is 0 Å². The van der Waals surface area contributed by atoms with Gasteiger partial charge in [-0.15, -0.1) is 0 Å². The molecule has 3 fully saturated rings. The molecule has 0 amide bonds. The maximum atomic E-state index is 2.73. The highest BCUT2D eigenvalue weighted by Crippen LogP contribution is 2.46. The van der Waals surface area contributed by atoms with Crippen molar-refractivity contribution < 1.29 is 0 Å². The SMILES string of the molecule is CCN1CCN(CC2CCC3(CC2)CN(C(C)C)C3)CC1. The van der Waals surface area contributed by atoms with Crippen LogP contribution >= 0.6 is 0 Å². The molecule has 2 saturated heterocycles. The van der Waals surface area contributed by atoms with Crippen LogP contribution in [0.4, 0.5) is 0 Å². The van der Waals surface area contributed by atoms with E-state index in [0.717, 1.165) is 17.4 Å². The molecule has 1 aliphatic carbocycles. The lowest BCUT2D eigenvalue weighted by atomic mass is 9.65. The summed E-state index contributed by atoms with van der Waals surface area (Å²) in [6.45, 7) is 17.5. The molecule has 0 N–H and O–H groups in total. The summed E-state index contributed by atoms with van der Waals surface area (Å²) in [7, 11) is 0. The van der Waals surface area contributed by atoms with Gasteiger partial charge in [-0.25, -0.2) is 0 Å². The highest BCUT2D eigenvalue weighted by atomic mass is 15.3. The Kier molecular flexibility index (Phi) is 4.92. The van der Waals surface area contributed by atoms with E-state index >= 15 is 0 Å². The number of rotatable bonds is 4. The lowest BCUT2D eigenvalue weighted by Crippen LogP contribution is -2.60. The molecule has 1 saturated carbocycles. The Morgan fingerprint density at radius 3 is 2.05 bits per heavy atom. The van der Waals surface area contributed by atoms with E-state index < -0.39 is 0 Å². The monoisotopic (exact) mass is 293 g/mol. The van der Waals surface area contributed by atoms with Crippen LogP contribution in [0, 0.1) is 11.3 Å². The second kappa shape index (κ2) is 6.55. The molecular formula is C18H35N3. The molecule has 0 atom stereocenters. The molecule has 0 radical (unpaired) electrons. The zero-order valence-electron chi connectivity index (χ0n) is 14.5. The number of piperazine rings is 1. The van der Waals surface area contributed by atoms with Crippen molar-refractivity contribution in [1.29, 1.82) is 0 Å². The number of likely N-dealkylation sites (N-methyl/N-ethyl adjacent to an activating group) is 1. The van der Waals surface area contributed by atoms with Gasteiger partial charge in [-0.05, 0) is 57.4 Å².